The number of anilines is 5. The Morgan fingerprint density at radius 1 is 0.473 bits per heavy atom. The number of hydrogen-bond donors (Lipinski definition) is 0. The van der Waals surface area contributed by atoms with Crippen molar-refractivity contribution >= 4 is 81.8 Å². The molecule has 0 saturated carbocycles. The second-order valence-electron chi connectivity index (χ2n) is 14.5. The highest BCUT2D eigenvalue weighted by atomic mass is 32.1. The average Bonchev–Trinajstić information content (AvgIpc) is 3.81. The summed E-state index contributed by atoms with van der Waals surface area (Å²) in [6.07, 6.45) is 2.31. The van der Waals surface area contributed by atoms with Crippen molar-refractivity contribution in [2.75, 3.05) is 16.3 Å². The zero-order valence-electron chi connectivity index (χ0n) is 30.3. The largest absolute Gasteiger partial charge is 0.341 e. The maximum absolute atomic E-state index is 2.46. The molecule has 0 N–H and O–H groups in total. The molecule has 0 radical (unpaired) electrons. The second kappa shape index (κ2) is 13.0. The molecule has 3 nitrogen and oxygen atoms in total. The molecule has 0 unspecified atom stereocenters. The van der Waals surface area contributed by atoms with E-state index in [1.165, 1.54) is 82.2 Å². The Morgan fingerprint density at radius 2 is 1.13 bits per heavy atom. The number of aryl methyl sites for hydroxylation is 1. The number of para-hydroxylation sites is 3. The fraction of sp³-hybridized carbons (Fsp3) is 0.0588. The van der Waals surface area contributed by atoms with Gasteiger partial charge in [0.15, 0.2) is 0 Å². The Bertz CT molecular complexity index is 3000. The van der Waals surface area contributed by atoms with E-state index in [2.05, 4.69) is 202 Å². The van der Waals surface area contributed by atoms with Gasteiger partial charge in [0, 0.05) is 66.9 Å². The first-order valence-corrected chi connectivity index (χ1v) is 20.0. The lowest BCUT2D eigenvalue weighted by molar-refractivity contribution is 0.767. The summed E-state index contributed by atoms with van der Waals surface area (Å²) in [4.78, 5) is 4.81. The zero-order valence-corrected chi connectivity index (χ0v) is 31.1. The minimum Gasteiger partial charge on any atom is -0.341 e. The van der Waals surface area contributed by atoms with E-state index in [9.17, 15) is 0 Å². The molecule has 1 aliphatic rings. The molecule has 8 aromatic carbocycles. The molecule has 11 rings (SSSR count). The molecule has 10 aromatic rings. The van der Waals surface area contributed by atoms with Crippen molar-refractivity contribution in [2.45, 2.75) is 12.8 Å². The van der Waals surface area contributed by atoms with E-state index in [1.807, 2.05) is 11.3 Å². The normalized spacial score (nSPS) is 12.8. The van der Waals surface area contributed by atoms with Gasteiger partial charge in [0.1, 0.15) is 0 Å². The summed E-state index contributed by atoms with van der Waals surface area (Å²) in [6, 6.07) is 68.8. The molecular weight excluding hydrogens is 687 g/mol. The molecule has 0 bridgehead atoms. The van der Waals surface area contributed by atoms with Crippen LogP contribution in [0.3, 0.4) is 0 Å². The Hall–Kier alpha value is -6.62. The summed E-state index contributed by atoms with van der Waals surface area (Å²) in [5.41, 5.74) is 13.5. The van der Waals surface area contributed by atoms with Crippen LogP contribution in [0.4, 0.5) is 28.4 Å². The SMILES string of the molecule is c1ccc(N(c2ccc(-c3ccc4c(c3)c3ccc5c6ccccc6sc5c3n4-c3ccccc3)cc2)c2ccc(N3CCCc4ccccc43)cc2)cc1. The number of nitrogens with zero attached hydrogens (tertiary/aromatic N) is 3. The molecule has 262 valence electrons. The summed E-state index contributed by atoms with van der Waals surface area (Å²) in [6.45, 7) is 1.04. The molecule has 4 heteroatoms. The van der Waals surface area contributed by atoms with E-state index >= 15 is 0 Å². The van der Waals surface area contributed by atoms with E-state index in [-0.39, 0.29) is 0 Å². The van der Waals surface area contributed by atoms with Crippen molar-refractivity contribution in [3.05, 3.63) is 194 Å². The topological polar surface area (TPSA) is 11.4 Å². The van der Waals surface area contributed by atoms with Gasteiger partial charge in [-0.1, -0.05) is 103 Å². The number of hydrogen-bond acceptors (Lipinski definition) is 3. The van der Waals surface area contributed by atoms with Crippen molar-refractivity contribution < 1.29 is 0 Å². The lowest BCUT2D eigenvalue weighted by atomic mass is 10.0. The molecule has 2 aromatic heterocycles. The highest BCUT2D eigenvalue weighted by Crippen LogP contribution is 2.44. The summed E-state index contributed by atoms with van der Waals surface area (Å²) < 4.78 is 5.12. The van der Waals surface area contributed by atoms with Gasteiger partial charge in [-0.3, -0.25) is 0 Å². The summed E-state index contributed by atoms with van der Waals surface area (Å²) in [5, 5.41) is 5.19. The third-order valence-electron chi connectivity index (χ3n) is 11.3. The Kier molecular flexibility index (Phi) is 7.56. The number of thiophene rings is 1. The molecule has 0 atom stereocenters. The van der Waals surface area contributed by atoms with Crippen molar-refractivity contribution in [3.63, 3.8) is 0 Å². The molecule has 3 heterocycles. The maximum Gasteiger partial charge on any atom is 0.0719 e. The van der Waals surface area contributed by atoms with Crippen LogP contribution in [-0.4, -0.2) is 11.1 Å². The van der Waals surface area contributed by atoms with Crippen LogP contribution in [0.15, 0.2) is 188 Å². The van der Waals surface area contributed by atoms with Gasteiger partial charge in [-0.15, -0.1) is 11.3 Å². The summed E-state index contributed by atoms with van der Waals surface area (Å²) in [5.74, 6) is 0. The Labute approximate surface area is 324 Å². The monoisotopic (exact) mass is 723 g/mol. The molecule has 0 fully saturated rings. The van der Waals surface area contributed by atoms with Gasteiger partial charge in [0.25, 0.3) is 0 Å². The smallest absolute Gasteiger partial charge is 0.0719 e. The minimum absolute atomic E-state index is 1.04. The van der Waals surface area contributed by atoms with Crippen molar-refractivity contribution in [1.29, 1.82) is 0 Å². The Morgan fingerprint density at radius 3 is 1.95 bits per heavy atom. The quantitative estimate of drug-likeness (QED) is 0.169. The number of rotatable bonds is 6. The van der Waals surface area contributed by atoms with Crippen LogP contribution in [-0.2, 0) is 6.42 Å². The molecule has 55 heavy (non-hydrogen) atoms. The third-order valence-corrected chi connectivity index (χ3v) is 12.5. The average molecular weight is 724 g/mol. The molecule has 0 saturated heterocycles. The molecule has 0 amide bonds. The van der Waals surface area contributed by atoms with Crippen LogP contribution in [0.2, 0.25) is 0 Å². The van der Waals surface area contributed by atoms with Crippen LogP contribution >= 0.6 is 11.3 Å². The van der Waals surface area contributed by atoms with E-state index in [1.54, 1.807) is 0 Å². The Balaban J connectivity index is 0.991. The molecule has 1 aliphatic heterocycles. The highest BCUT2D eigenvalue weighted by molar-refractivity contribution is 7.26. The molecule has 0 spiro atoms. The number of fused-ring (bicyclic) bond motifs is 8. The van der Waals surface area contributed by atoms with Gasteiger partial charge in [-0.05, 0) is 114 Å². The fourth-order valence-electron chi connectivity index (χ4n) is 8.72. The van der Waals surface area contributed by atoms with Crippen LogP contribution in [0.5, 0.6) is 0 Å². The van der Waals surface area contributed by atoms with Crippen LogP contribution < -0.4 is 9.80 Å². The van der Waals surface area contributed by atoms with Gasteiger partial charge in [-0.25, -0.2) is 0 Å². The highest BCUT2D eigenvalue weighted by Gasteiger charge is 2.21. The van der Waals surface area contributed by atoms with Gasteiger partial charge in [-0.2, -0.15) is 0 Å². The molecular formula is C51H37N3S. The van der Waals surface area contributed by atoms with E-state index in [0.29, 0.717) is 0 Å². The van der Waals surface area contributed by atoms with Gasteiger partial charge in [0.2, 0.25) is 0 Å². The predicted octanol–water partition coefficient (Wildman–Crippen LogP) is 14.4. The van der Waals surface area contributed by atoms with E-state index < -0.39 is 0 Å². The summed E-state index contributed by atoms with van der Waals surface area (Å²) >= 11 is 1.89. The fourth-order valence-corrected chi connectivity index (χ4v) is 9.96. The lowest BCUT2D eigenvalue weighted by Gasteiger charge is -2.32. The van der Waals surface area contributed by atoms with Crippen LogP contribution in [0.1, 0.15) is 12.0 Å². The van der Waals surface area contributed by atoms with Crippen molar-refractivity contribution in [1.82, 2.24) is 4.57 Å². The predicted molar refractivity (Wildman–Crippen MR) is 236 cm³/mol. The van der Waals surface area contributed by atoms with Crippen LogP contribution in [0.25, 0.3) is 58.8 Å². The second-order valence-corrected chi connectivity index (χ2v) is 15.5. The maximum atomic E-state index is 2.46. The number of benzene rings is 8. The van der Waals surface area contributed by atoms with Crippen LogP contribution in [0, 0.1) is 0 Å². The van der Waals surface area contributed by atoms with Gasteiger partial charge >= 0.3 is 0 Å². The van der Waals surface area contributed by atoms with Crippen molar-refractivity contribution in [3.8, 4) is 16.8 Å². The number of aromatic nitrogens is 1. The molecule has 0 aliphatic carbocycles. The van der Waals surface area contributed by atoms with Gasteiger partial charge < -0.3 is 14.4 Å². The van der Waals surface area contributed by atoms with E-state index in [4.69, 9.17) is 0 Å². The van der Waals surface area contributed by atoms with Gasteiger partial charge in [0.05, 0.1) is 15.7 Å². The first-order valence-electron chi connectivity index (χ1n) is 19.1. The van der Waals surface area contributed by atoms with E-state index in [0.717, 1.165) is 30.0 Å². The third kappa shape index (κ3) is 5.32. The zero-order chi connectivity index (χ0) is 36.3. The standard InChI is InChI=1S/C51H37N3S/c1-3-14-39(15-4-1)53(42-28-26-38(27-29-42)52-33-11-13-36-12-7-9-19-47(36)52)41-24-21-35(22-25-41)37-23-32-48-46(34-37)44-30-31-45-43-18-8-10-20-49(43)55-51(45)50(44)54(48)40-16-5-2-6-17-40/h1-10,12,14-32,34H,11,13,33H2. The summed E-state index contributed by atoms with van der Waals surface area (Å²) in [7, 11) is 0. The first kappa shape index (κ1) is 31.9. The first-order chi connectivity index (χ1) is 27.3. The minimum atomic E-state index is 1.04. The van der Waals surface area contributed by atoms with Crippen molar-refractivity contribution in [2.24, 2.45) is 0 Å². The lowest BCUT2D eigenvalue weighted by Crippen LogP contribution is -2.24.